The lowest BCUT2D eigenvalue weighted by molar-refractivity contribution is -0.120. The van der Waals surface area contributed by atoms with Crippen LogP contribution in [-0.2, 0) is 11.2 Å². The quantitative estimate of drug-likeness (QED) is 0.249. The van der Waals surface area contributed by atoms with Crippen LogP contribution in [-0.4, -0.2) is 17.4 Å². The van der Waals surface area contributed by atoms with Gasteiger partial charge in [-0.3, -0.25) is 4.79 Å². The number of aromatic nitrogens is 1. The van der Waals surface area contributed by atoms with Crippen LogP contribution >= 0.6 is 0 Å². The van der Waals surface area contributed by atoms with Crippen LogP contribution in [0, 0.1) is 23.3 Å². The van der Waals surface area contributed by atoms with E-state index in [-0.39, 0.29) is 29.9 Å². The fourth-order valence-corrected chi connectivity index (χ4v) is 4.01. The molecule has 3 aromatic carbocycles. The molecule has 0 radical (unpaired) electrons. The Labute approximate surface area is 188 Å². The Kier molecular flexibility index (Phi) is 6.77. The fraction of sp³-hybridized carbons (Fsp3) is 0.192. The number of halogens is 4. The molecule has 0 atom stereocenters. The van der Waals surface area contributed by atoms with E-state index in [1.807, 2.05) is 0 Å². The van der Waals surface area contributed by atoms with Crippen LogP contribution in [0.5, 0.6) is 0 Å². The largest absolute Gasteiger partial charge is 0.361 e. The highest BCUT2D eigenvalue weighted by molar-refractivity contribution is 5.89. The van der Waals surface area contributed by atoms with Crippen molar-refractivity contribution in [2.45, 2.75) is 25.2 Å². The van der Waals surface area contributed by atoms with Crippen molar-refractivity contribution in [1.82, 2.24) is 10.3 Å². The number of H-pyrrole nitrogens is 1. The minimum Gasteiger partial charge on any atom is -0.361 e. The van der Waals surface area contributed by atoms with E-state index in [2.05, 4.69) is 10.3 Å². The monoisotopic (exact) mass is 454 g/mol. The molecule has 0 saturated heterocycles. The summed E-state index contributed by atoms with van der Waals surface area (Å²) in [6, 6.07) is 14.6. The van der Waals surface area contributed by atoms with E-state index in [4.69, 9.17) is 0 Å². The number of benzene rings is 3. The molecule has 0 unspecified atom stereocenters. The van der Waals surface area contributed by atoms with Gasteiger partial charge in [0.05, 0.1) is 6.42 Å². The van der Waals surface area contributed by atoms with Gasteiger partial charge in [-0.2, -0.15) is 0 Å². The fourth-order valence-electron chi connectivity index (χ4n) is 4.01. The van der Waals surface area contributed by atoms with Gasteiger partial charge in [0.25, 0.3) is 0 Å². The van der Waals surface area contributed by atoms with Crippen molar-refractivity contribution < 1.29 is 22.4 Å². The van der Waals surface area contributed by atoms with Gasteiger partial charge in [0.1, 0.15) is 11.6 Å². The summed E-state index contributed by atoms with van der Waals surface area (Å²) in [6.07, 6.45) is 2.90. The highest BCUT2D eigenvalue weighted by Gasteiger charge is 2.16. The topological polar surface area (TPSA) is 44.9 Å². The van der Waals surface area contributed by atoms with Crippen molar-refractivity contribution in [1.29, 1.82) is 0 Å². The number of carbonyl (C=O) groups is 1. The van der Waals surface area contributed by atoms with Crippen molar-refractivity contribution in [2.75, 3.05) is 6.54 Å². The maximum atomic E-state index is 13.6. The molecule has 170 valence electrons. The lowest BCUT2D eigenvalue weighted by atomic mass is 9.87. The van der Waals surface area contributed by atoms with Crippen LogP contribution in [0.4, 0.5) is 17.6 Å². The third-order valence-electron chi connectivity index (χ3n) is 5.70. The Morgan fingerprint density at radius 3 is 2.03 bits per heavy atom. The van der Waals surface area contributed by atoms with Gasteiger partial charge in [0.15, 0.2) is 11.6 Å². The molecule has 0 fully saturated rings. The van der Waals surface area contributed by atoms with Gasteiger partial charge in [0.2, 0.25) is 5.91 Å². The van der Waals surface area contributed by atoms with Gasteiger partial charge in [-0.05, 0) is 59.9 Å². The highest BCUT2D eigenvalue weighted by Crippen LogP contribution is 2.29. The van der Waals surface area contributed by atoms with Gasteiger partial charge in [-0.25, -0.2) is 17.6 Å². The zero-order valence-corrected chi connectivity index (χ0v) is 17.7. The first-order valence-corrected chi connectivity index (χ1v) is 10.6. The van der Waals surface area contributed by atoms with Crippen LogP contribution < -0.4 is 5.32 Å². The number of carbonyl (C=O) groups excluding carboxylic acids is 1. The van der Waals surface area contributed by atoms with Crippen molar-refractivity contribution in [2.24, 2.45) is 0 Å². The van der Waals surface area contributed by atoms with E-state index in [1.165, 1.54) is 24.3 Å². The Hall–Kier alpha value is -3.61. The van der Waals surface area contributed by atoms with E-state index >= 15 is 0 Å². The molecule has 7 heteroatoms. The molecule has 1 aromatic heterocycles. The zero-order valence-electron chi connectivity index (χ0n) is 17.7. The number of aromatic amines is 1. The molecule has 33 heavy (non-hydrogen) atoms. The van der Waals surface area contributed by atoms with Crippen molar-refractivity contribution in [3.8, 4) is 0 Å². The second-order valence-electron chi connectivity index (χ2n) is 7.95. The summed E-state index contributed by atoms with van der Waals surface area (Å²) >= 11 is 0. The van der Waals surface area contributed by atoms with E-state index < -0.39 is 11.6 Å². The van der Waals surface area contributed by atoms with E-state index in [0.29, 0.717) is 35.9 Å². The maximum absolute atomic E-state index is 13.6. The first kappa shape index (κ1) is 22.6. The maximum Gasteiger partial charge on any atom is 0.224 e. The van der Waals surface area contributed by atoms with Crippen LogP contribution in [0.15, 0.2) is 66.9 Å². The summed E-state index contributed by atoms with van der Waals surface area (Å²) in [5, 5.41) is 3.32. The Morgan fingerprint density at radius 1 is 0.848 bits per heavy atom. The lowest BCUT2D eigenvalue weighted by Gasteiger charge is -2.18. The average molecular weight is 454 g/mol. The molecule has 4 rings (SSSR count). The second kappa shape index (κ2) is 9.90. The van der Waals surface area contributed by atoms with Gasteiger partial charge in [-0.1, -0.05) is 24.3 Å². The number of rotatable bonds is 8. The predicted octanol–water partition coefficient (Wildman–Crippen LogP) is 6.00. The predicted molar refractivity (Wildman–Crippen MR) is 119 cm³/mol. The summed E-state index contributed by atoms with van der Waals surface area (Å²) in [5.41, 5.74) is 2.82. The summed E-state index contributed by atoms with van der Waals surface area (Å²) in [7, 11) is 0. The average Bonchev–Trinajstić information content (AvgIpc) is 3.17. The third-order valence-corrected chi connectivity index (χ3v) is 5.70. The Balaban J connectivity index is 1.36. The summed E-state index contributed by atoms with van der Waals surface area (Å²) in [4.78, 5) is 15.2. The molecule has 0 aliphatic rings. The van der Waals surface area contributed by atoms with Crippen molar-refractivity contribution in [3.63, 3.8) is 0 Å². The molecule has 0 spiro atoms. The molecule has 0 aliphatic carbocycles. The van der Waals surface area contributed by atoms with E-state index in [1.54, 1.807) is 30.5 Å². The summed E-state index contributed by atoms with van der Waals surface area (Å²) in [6.45, 7) is 0.406. The molecule has 4 aromatic rings. The minimum atomic E-state index is -0.962. The number of hydrogen-bond acceptors (Lipinski definition) is 1. The second-order valence-corrected chi connectivity index (χ2v) is 7.95. The van der Waals surface area contributed by atoms with Crippen LogP contribution in [0.2, 0.25) is 0 Å². The zero-order chi connectivity index (χ0) is 23.4. The number of nitrogens with one attached hydrogen (secondary N) is 2. The summed E-state index contributed by atoms with van der Waals surface area (Å²) in [5.74, 6) is -2.88. The smallest absolute Gasteiger partial charge is 0.224 e. The number of hydrogen-bond donors (Lipinski definition) is 2. The van der Waals surface area contributed by atoms with Crippen LogP contribution in [0.1, 0.15) is 35.4 Å². The Bertz CT molecular complexity index is 1200. The van der Waals surface area contributed by atoms with Gasteiger partial charge in [-0.15, -0.1) is 0 Å². The molecule has 0 aliphatic heterocycles. The first-order valence-electron chi connectivity index (χ1n) is 10.6. The molecule has 2 N–H and O–H groups in total. The molecule has 0 bridgehead atoms. The standard InChI is InChI=1S/C26H22F4N2O/c27-19-7-3-16(4-8-19)21(17-5-9-20(28)10-6-17)2-1-11-31-26(33)12-18-15-32-25-14-24(30)23(29)13-22(18)25/h3-10,13-15,21,32H,1-2,11-12H2,(H,31,33). The summed E-state index contributed by atoms with van der Waals surface area (Å²) < 4.78 is 53.6. The molecular formula is C26H22F4N2O. The molecule has 1 heterocycles. The van der Waals surface area contributed by atoms with Crippen LogP contribution in [0.25, 0.3) is 10.9 Å². The SMILES string of the molecule is O=C(Cc1c[nH]c2cc(F)c(F)cc12)NCCCC(c1ccc(F)cc1)c1ccc(F)cc1. The lowest BCUT2D eigenvalue weighted by Crippen LogP contribution is -2.26. The first-order chi connectivity index (χ1) is 15.9. The van der Waals surface area contributed by atoms with E-state index in [0.717, 1.165) is 23.3 Å². The third kappa shape index (κ3) is 5.42. The molecule has 3 nitrogen and oxygen atoms in total. The highest BCUT2D eigenvalue weighted by atomic mass is 19.2. The molecular weight excluding hydrogens is 432 g/mol. The molecule has 0 saturated carbocycles. The van der Waals surface area contributed by atoms with Gasteiger partial charge in [0, 0.05) is 35.6 Å². The minimum absolute atomic E-state index is 0.0322. The van der Waals surface area contributed by atoms with Crippen molar-refractivity contribution in [3.05, 3.63) is 107 Å². The van der Waals surface area contributed by atoms with Crippen LogP contribution in [0.3, 0.4) is 0 Å². The molecule has 1 amide bonds. The Morgan fingerprint density at radius 2 is 1.42 bits per heavy atom. The number of amides is 1. The normalized spacial score (nSPS) is 11.3. The van der Waals surface area contributed by atoms with E-state index in [9.17, 15) is 22.4 Å². The van der Waals surface area contributed by atoms with Crippen molar-refractivity contribution >= 4 is 16.8 Å². The van der Waals surface area contributed by atoms with Gasteiger partial charge >= 0.3 is 0 Å². The number of fused-ring (bicyclic) bond motifs is 1. The van der Waals surface area contributed by atoms with Gasteiger partial charge < -0.3 is 10.3 Å².